The fourth-order valence-electron chi connectivity index (χ4n) is 0.936. The number of halogens is 1. The molecule has 0 bridgehead atoms. The number of non-ortho nitro benzene ring substituents is 1. The lowest BCUT2D eigenvalue weighted by Crippen LogP contribution is -2.21. The summed E-state index contributed by atoms with van der Waals surface area (Å²) < 4.78 is 12.8. The summed E-state index contributed by atoms with van der Waals surface area (Å²) in [7, 11) is 0. The molecule has 0 aliphatic heterocycles. The summed E-state index contributed by atoms with van der Waals surface area (Å²) in [5.74, 6) is -4.12. The number of hydrogen-bond donors (Lipinski definition) is 2. The maximum Gasteiger partial charge on any atom is 0.394 e. The largest absolute Gasteiger partial charge is 0.474 e. The molecule has 7 nitrogen and oxygen atoms in total. The zero-order valence-corrected chi connectivity index (χ0v) is 7.64. The van der Waals surface area contributed by atoms with Crippen molar-refractivity contribution in [3.05, 3.63) is 34.1 Å². The minimum absolute atomic E-state index is 0.292. The molecule has 8 heteroatoms. The van der Waals surface area contributed by atoms with E-state index in [9.17, 15) is 24.1 Å². The maximum atomic E-state index is 12.8. The van der Waals surface area contributed by atoms with Crippen LogP contribution in [0.1, 0.15) is 0 Å². The van der Waals surface area contributed by atoms with Crippen LogP contribution in [0.3, 0.4) is 0 Å². The topological polar surface area (TPSA) is 110 Å². The number of anilines is 1. The molecule has 0 saturated heterocycles. The monoisotopic (exact) mass is 228 g/mol. The molecule has 1 amide bonds. The molecule has 16 heavy (non-hydrogen) atoms. The number of carbonyl (C=O) groups excluding carboxylic acids is 1. The number of nitrogens with zero attached hydrogens (tertiary/aromatic N) is 1. The number of nitrogens with one attached hydrogen (secondary N) is 1. The smallest absolute Gasteiger partial charge is 0.394 e. The summed E-state index contributed by atoms with van der Waals surface area (Å²) in [6.07, 6.45) is 0. The Balaban J connectivity index is 3.01. The second-order valence-corrected chi connectivity index (χ2v) is 2.71. The van der Waals surface area contributed by atoms with Crippen molar-refractivity contribution in [2.45, 2.75) is 0 Å². The third-order valence-electron chi connectivity index (χ3n) is 1.55. The summed E-state index contributed by atoms with van der Waals surface area (Å²) in [6.45, 7) is 0. The minimum Gasteiger partial charge on any atom is -0.474 e. The van der Waals surface area contributed by atoms with E-state index in [-0.39, 0.29) is 5.69 Å². The number of carboxylic acid groups (broad SMARTS) is 1. The van der Waals surface area contributed by atoms with Crippen LogP contribution in [0.4, 0.5) is 15.8 Å². The van der Waals surface area contributed by atoms with Gasteiger partial charge in [0.05, 0.1) is 16.7 Å². The van der Waals surface area contributed by atoms with Gasteiger partial charge in [-0.25, -0.2) is 9.18 Å². The lowest BCUT2D eigenvalue weighted by Gasteiger charge is -2.01. The van der Waals surface area contributed by atoms with Gasteiger partial charge in [-0.1, -0.05) is 0 Å². The fourth-order valence-corrected chi connectivity index (χ4v) is 0.936. The molecular weight excluding hydrogens is 223 g/mol. The van der Waals surface area contributed by atoms with E-state index in [4.69, 9.17) is 5.11 Å². The summed E-state index contributed by atoms with van der Waals surface area (Å²) in [6, 6.07) is 2.27. The number of aliphatic carboxylic acids is 1. The summed E-state index contributed by atoms with van der Waals surface area (Å²) >= 11 is 0. The summed E-state index contributed by atoms with van der Waals surface area (Å²) in [4.78, 5) is 30.3. The van der Waals surface area contributed by atoms with Gasteiger partial charge in [-0.05, 0) is 6.07 Å². The quantitative estimate of drug-likeness (QED) is 0.441. The second kappa shape index (κ2) is 4.34. The van der Waals surface area contributed by atoms with Crippen molar-refractivity contribution in [3.63, 3.8) is 0 Å². The number of rotatable bonds is 2. The van der Waals surface area contributed by atoms with Gasteiger partial charge < -0.3 is 10.4 Å². The van der Waals surface area contributed by atoms with Crippen LogP contribution in [0.25, 0.3) is 0 Å². The summed E-state index contributed by atoms with van der Waals surface area (Å²) in [5.41, 5.74) is -0.875. The van der Waals surface area contributed by atoms with Crippen molar-refractivity contribution in [1.82, 2.24) is 0 Å². The first kappa shape index (κ1) is 11.6. The third kappa shape index (κ3) is 2.74. The molecule has 0 aliphatic rings. The Bertz CT molecular complexity index is 473. The van der Waals surface area contributed by atoms with Crippen LogP contribution in [0, 0.1) is 15.9 Å². The van der Waals surface area contributed by atoms with Gasteiger partial charge in [0.25, 0.3) is 5.69 Å². The van der Waals surface area contributed by atoms with E-state index in [1.807, 2.05) is 0 Å². The van der Waals surface area contributed by atoms with Crippen LogP contribution in [0.2, 0.25) is 0 Å². The molecule has 0 atom stereocenters. The first-order chi connectivity index (χ1) is 7.40. The number of carboxylic acids is 1. The highest BCUT2D eigenvalue weighted by atomic mass is 19.1. The highest BCUT2D eigenvalue weighted by Crippen LogP contribution is 2.19. The van der Waals surface area contributed by atoms with Gasteiger partial charge in [-0.2, -0.15) is 0 Å². The Kier molecular flexibility index (Phi) is 3.14. The van der Waals surface area contributed by atoms with Gasteiger partial charge in [0.15, 0.2) is 0 Å². The molecule has 0 fully saturated rings. The Morgan fingerprint density at radius 1 is 1.38 bits per heavy atom. The molecular formula is C8H5FN2O5. The van der Waals surface area contributed by atoms with E-state index in [1.165, 1.54) is 0 Å². The van der Waals surface area contributed by atoms with Crippen LogP contribution in [-0.4, -0.2) is 21.9 Å². The van der Waals surface area contributed by atoms with Crippen molar-refractivity contribution in [2.75, 3.05) is 5.32 Å². The number of carbonyl (C=O) groups is 2. The first-order valence-corrected chi connectivity index (χ1v) is 3.89. The van der Waals surface area contributed by atoms with E-state index in [0.29, 0.717) is 6.07 Å². The van der Waals surface area contributed by atoms with Crippen LogP contribution in [0.5, 0.6) is 0 Å². The van der Waals surface area contributed by atoms with E-state index in [2.05, 4.69) is 0 Å². The van der Waals surface area contributed by atoms with Crippen LogP contribution in [0.15, 0.2) is 18.2 Å². The lowest BCUT2D eigenvalue weighted by molar-refractivity contribution is -0.385. The first-order valence-electron chi connectivity index (χ1n) is 3.89. The van der Waals surface area contributed by atoms with Gasteiger partial charge in [-0.3, -0.25) is 14.9 Å². The van der Waals surface area contributed by atoms with Gasteiger partial charge in [-0.15, -0.1) is 0 Å². The predicted octanol–water partition coefficient (Wildman–Crippen LogP) is 0.757. The van der Waals surface area contributed by atoms with E-state index in [1.54, 1.807) is 5.32 Å². The molecule has 0 unspecified atom stereocenters. The Hall–Kier alpha value is -2.51. The molecule has 0 aliphatic carbocycles. The Morgan fingerprint density at radius 2 is 2.00 bits per heavy atom. The van der Waals surface area contributed by atoms with Crippen molar-refractivity contribution in [3.8, 4) is 0 Å². The molecule has 1 rings (SSSR count). The van der Waals surface area contributed by atoms with E-state index >= 15 is 0 Å². The fraction of sp³-hybridized carbons (Fsp3) is 0. The van der Waals surface area contributed by atoms with Crippen LogP contribution in [-0.2, 0) is 9.59 Å². The van der Waals surface area contributed by atoms with Crippen molar-refractivity contribution in [1.29, 1.82) is 0 Å². The lowest BCUT2D eigenvalue weighted by atomic mass is 10.2. The van der Waals surface area contributed by atoms with Gasteiger partial charge >= 0.3 is 11.9 Å². The normalized spacial score (nSPS) is 9.56. The zero-order chi connectivity index (χ0) is 12.3. The number of hydrogen-bond acceptors (Lipinski definition) is 4. The molecule has 0 saturated carbocycles. The average molecular weight is 228 g/mol. The van der Waals surface area contributed by atoms with E-state index in [0.717, 1.165) is 12.1 Å². The molecule has 0 heterocycles. The molecule has 1 aromatic carbocycles. The highest BCUT2D eigenvalue weighted by molar-refractivity contribution is 6.36. The van der Waals surface area contributed by atoms with Crippen molar-refractivity contribution in [2.24, 2.45) is 0 Å². The number of amides is 1. The maximum absolute atomic E-state index is 12.8. The second-order valence-electron chi connectivity index (χ2n) is 2.71. The van der Waals surface area contributed by atoms with Gasteiger partial charge in [0.2, 0.25) is 0 Å². The zero-order valence-electron chi connectivity index (χ0n) is 7.64. The van der Waals surface area contributed by atoms with Crippen molar-refractivity contribution < 1.29 is 24.0 Å². The van der Waals surface area contributed by atoms with Crippen LogP contribution < -0.4 is 5.32 Å². The standard InChI is InChI=1S/C8H5FN2O5/c9-4-1-5(10-7(12)8(13)14)3-6(2-4)11(15)16/h1-3H,(H,10,12)(H,13,14). The molecule has 1 aromatic rings. The van der Waals surface area contributed by atoms with Crippen molar-refractivity contribution >= 4 is 23.3 Å². The molecule has 84 valence electrons. The number of nitro groups is 1. The third-order valence-corrected chi connectivity index (χ3v) is 1.55. The predicted molar refractivity (Wildman–Crippen MR) is 49.3 cm³/mol. The van der Waals surface area contributed by atoms with Gasteiger partial charge in [0, 0.05) is 6.07 Å². The molecule has 2 N–H and O–H groups in total. The Labute approximate surface area is 87.6 Å². The van der Waals surface area contributed by atoms with Gasteiger partial charge in [0.1, 0.15) is 5.82 Å². The van der Waals surface area contributed by atoms with E-state index < -0.39 is 28.3 Å². The summed E-state index contributed by atoms with van der Waals surface area (Å²) in [5, 5.41) is 20.4. The molecule has 0 radical (unpaired) electrons. The number of nitro benzene ring substituents is 1. The average Bonchev–Trinajstić information content (AvgIpc) is 2.16. The minimum atomic E-state index is -1.77. The SMILES string of the molecule is O=C(O)C(=O)Nc1cc(F)cc([N+](=O)[O-])c1. The number of benzene rings is 1. The molecule has 0 spiro atoms. The van der Waals surface area contributed by atoms with Crippen LogP contribution >= 0.6 is 0 Å². The Morgan fingerprint density at radius 3 is 2.50 bits per heavy atom. The highest BCUT2D eigenvalue weighted by Gasteiger charge is 2.15. The molecule has 0 aromatic heterocycles.